The molecule has 2 rings (SSSR count). The van der Waals surface area contributed by atoms with E-state index in [2.05, 4.69) is 0 Å². The molecule has 5 heteroatoms. The van der Waals surface area contributed by atoms with Crippen molar-refractivity contribution in [1.82, 2.24) is 0 Å². The number of ketones is 1. The van der Waals surface area contributed by atoms with E-state index in [1.165, 1.54) is 0 Å². The highest BCUT2D eigenvalue weighted by atomic mass is 35.5. The number of ether oxygens (including phenoxy) is 2. The Balaban J connectivity index is 2.43. The second-order valence-electron chi connectivity index (χ2n) is 3.46. The normalized spacial score (nSPS) is 14.4. The Morgan fingerprint density at radius 1 is 1.38 bits per heavy atom. The summed E-state index contributed by atoms with van der Waals surface area (Å²) in [5.41, 5.74) is 5.75. The molecule has 0 saturated carbocycles. The van der Waals surface area contributed by atoms with Gasteiger partial charge in [0.25, 0.3) is 0 Å². The minimum atomic E-state index is -0.169. The van der Waals surface area contributed by atoms with Gasteiger partial charge in [-0.1, -0.05) is 11.6 Å². The lowest BCUT2D eigenvalue weighted by molar-refractivity contribution is 0.100. The summed E-state index contributed by atoms with van der Waals surface area (Å²) in [5, 5.41) is 0.385. The van der Waals surface area contributed by atoms with E-state index in [1.807, 2.05) is 0 Å². The fourth-order valence-electron chi connectivity index (χ4n) is 1.51. The molecule has 4 nitrogen and oxygen atoms in total. The number of hydrogen-bond donors (Lipinski definition) is 1. The maximum Gasteiger partial charge on any atom is 0.179 e. The van der Waals surface area contributed by atoms with Crippen LogP contribution in [0.2, 0.25) is 5.02 Å². The number of Topliss-reactive ketones (excluding diaryl/α,β-unsaturated/α-hetero) is 1. The van der Waals surface area contributed by atoms with Gasteiger partial charge in [-0.25, -0.2) is 0 Å². The molecule has 1 aliphatic rings. The van der Waals surface area contributed by atoms with E-state index in [9.17, 15) is 4.79 Å². The van der Waals surface area contributed by atoms with Crippen LogP contribution in [0.4, 0.5) is 0 Å². The third-order valence-electron chi connectivity index (χ3n) is 2.31. The molecule has 2 N–H and O–H groups in total. The van der Waals surface area contributed by atoms with E-state index in [4.69, 9.17) is 26.8 Å². The summed E-state index contributed by atoms with van der Waals surface area (Å²) >= 11 is 6.02. The third-order valence-corrected chi connectivity index (χ3v) is 2.59. The van der Waals surface area contributed by atoms with Crippen molar-refractivity contribution in [1.29, 1.82) is 0 Å². The summed E-state index contributed by atoms with van der Waals surface area (Å²) in [4.78, 5) is 11.5. The number of carbonyl (C=O) groups excluding carboxylic acids is 1. The van der Waals surface area contributed by atoms with Gasteiger partial charge in [-0.15, -0.1) is 0 Å². The summed E-state index contributed by atoms with van der Waals surface area (Å²) in [6, 6.07) is 3.19. The van der Waals surface area contributed by atoms with Crippen LogP contribution in [0.15, 0.2) is 12.1 Å². The number of hydrogen-bond acceptors (Lipinski definition) is 4. The molecule has 0 fully saturated rings. The lowest BCUT2D eigenvalue weighted by Gasteiger charge is -2.10. The summed E-state index contributed by atoms with van der Waals surface area (Å²) in [5.74, 6) is 0.854. The fourth-order valence-corrected chi connectivity index (χ4v) is 1.77. The molecule has 1 aromatic carbocycles. The average Bonchev–Trinajstić information content (AvgIpc) is 2.53. The predicted octanol–water partition coefficient (Wildman–Crippen LogP) is 1.64. The standard InChI is InChI=1S/C11H12ClNO3/c12-8-4-7(9(14)6-13)5-10-11(8)16-3-1-2-15-10/h4-5H,1-3,6,13H2. The highest BCUT2D eigenvalue weighted by Gasteiger charge is 2.17. The zero-order chi connectivity index (χ0) is 11.5. The Morgan fingerprint density at radius 3 is 2.88 bits per heavy atom. The van der Waals surface area contributed by atoms with Crippen LogP contribution < -0.4 is 15.2 Å². The maximum atomic E-state index is 11.5. The first-order valence-electron chi connectivity index (χ1n) is 5.05. The quantitative estimate of drug-likeness (QED) is 0.800. The van der Waals surface area contributed by atoms with Crippen molar-refractivity contribution in [2.75, 3.05) is 19.8 Å². The van der Waals surface area contributed by atoms with Gasteiger partial charge in [-0.3, -0.25) is 4.79 Å². The molecular formula is C11H12ClNO3. The zero-order valence-electron chi connectivity index (χ0n) is 8.66. The summed E-state index contributed by atoms with van der Waals surface area (Å²) in [6.45, 7) is 1.08. The monoisotopic (exact) mass is 241 g/mol. The first kappa shape index (κ1) is 11.2. The van der Waals surface area contributed by atoms with Gasteiger partial charge >= 0.3 is 0 Å². The zero-order valence-corrected chi connectivity index (χ0v) is 9.42. The lowest BCUT2D eigenvalue weighted by Crippen LogP contribution is -2.13. The highest BCUT2D eigenvalue weighted by molar-refractivity contribution is 6.32. The van der Waals surface area contributed by atoms with E-state index in [-0.39, 0.29) is 12.3 Å². The molecule has 0 spiro atoms. The molecule has 0 bridgehead atoms. The van der Waals surface area contributed by atoms with Crippen LogP contribution in [0.1, 0.15) is 16.8 Å². The third kappa shape index (κ3) is 2.13. The average molecular weight is 242 g/mol. The van der Waals surface area contributed by atoms with Crippen LogP contribution in [0, 0.1) is 0 Å². The summed E-state index contributed by atoms with van der Waals surface area (Å²) in [7, 11) is 0. The Kier molecular flexibility index (Phi) is 3.31. The van der Waals surface area contributed by atoms with Gasteiger partial charge in [0, 0.05) is 12.0 Å². The van der Waals surface area contributed by atoms with Gasteiger partial charge in [0.15, 0.2) is 17.3 Å². The molecule has 16 heavy (non-hydrogen) atoms. The largest absolute Gasteiger partial charge is 0.489 e. The number of benzene rings is 1. The van der Waals surface area contributed by atoms with Gasteiger partial charge in [0.1, 0.15) is 0 Å². The van der Waals surface area contributed by atoms with Gasteiger partial charge in [0.2, 0.25) is 0 Å². The van der Waals surface area contributed by atoms with Crippen LogP contribution in [0.5, 0.6) is 11.5 Å². The van der Waals surface area contributed by atoms with Crippen LogP contribution in [0.3, 0.4) is 0 Å². The van der Waals surface area contributed by atoms with E-state index in [0.29, 0.717) is 35.3 Å². The minimum Gasteiger partial charge on any atom is -0.489 e. The van der Waals surface area contributed by atoms with Gasteiger partial charge in [-0.2, -0.15) is 0 Å². The molecular weight excluding hydrogens is 230 g/mol. The summed E-state index contributed by atoms with van der Waals surface area (Å²) in [6.07, 6.45) is 0.797. The van der Waals surface area contributed by atoms with Crippen molar-refractivity contribution in [2.45, 2.75) is 6.42 Å². The van der Waals surface area contributed by atoms with E-state index < -0.39 is 0 Å². The molecule has 0 radical (unpaired) electrons. The van der Waals surface area contributed by atoms with E-state index in [1.54, 1.807) is 12.1 Å². The second kappa shape index (κ2) is 4.72. The van der Waals surface area contributed by atoms with Crippen LogP contribution >= 0.6 is 11.6 Å². The molecule has 1 aromatic rings. The van der Waals surface area contributed by atoms with Crippen LogP contribution in [-0.4, -0.2) is 25.5 Å². The molecule has 0 aromatic heterocycles. The Hall–Kier alpha value is -1.26. The van der Waals surface area contributed by atoms with Gasteiger partial charge < -0.3 is 15.2 Å². The smallest absolute Gasteiger partial charge is 0.179 e. The van der Waals surface area contributed by atoms with Crippen molar-refractivity contribution in [3.05, 3.63) is 22.7 Å². The minimum absolute atomic E-state index is 0.0457. The lowest BCUT2D eigenvalue weighted by atomic mass is 10.1. The molecule has 86 valence electrons. The van der Waals surface area contributed by atoms with Crippen molar-refractivity contribution in [2.24, 2.45) is 5.73 Å². The van der Waals surface area contributed by atoms with E-state index in [0.717, 1.165) is 6.42 Å². The number of halogens is 1. The predicted molar refractivity (Wildman–Crippen MR) is 60.4 cm³/mol. The molecule has 1 heterocycles. The maximum absolute atomic E-state index is 11.5. The molecule has 0 atom stereocenters. The molecule has 0 amide bonds. The highest BCUT2D eigenvalue weighted by Crippen LogP contribution is 2.37. The van der Waals surface area contributed by atoms with Crippen LogP contribution in [-0.2, 0) is 0 Å². The van der Waals surface area contributed by atoms with Crippen molar-refractivity contribution >= 4 is 17.4 Å². The van der Waals surface area contributed by atoms with Gasteiger partial charge in [-0.05, 0) is 12.1 Å². The molecule has 0 aliphatic carbocycles. The first-order valence-corrected chi connectivity index (χ1v) is 5.42. The molecule has 1 aliphatic heterocycles. The summed E-state index contributed by atoms with van der Waals surface area (Å²) < 4.78 is 10.9. The number of nitrogens with two attached hydrogens (primary N) is 1. The number of fused-ring (bicyclic) bond motifs is 1. The SMILES string of the molecule is NCC(=O)c1cc(Cl)c2c(c1)OCCCO2. The molecule has 0 saturated heterocycles. The Labute approximate surface area is 98.3 Å². The van der Waals surface area contributed by atoms with Crippen molar-refractivity contribution in [3.63, 3.8) is 0 Å². The Morgan fingerprint density at radius 2 is 2.12 bits per heavy atom. The first-order chi connectivity index (χ1) is 7.72. The number of carbonyl (C=O) groups is 1. The van der Waals surface area contributed by atoms with Crippen LogP contribution in [0.25, 0.3) is 0 Å². The fraction of sp³-hybridized carbons (Fsp3) is 0.364. The van der Waals surface area contributed by atoms with Crippen molar-refractivity contribution < 1.29 is 14.3 Å². The Bertz CT molecular complexity index is 420. The molecule has 0 unspecified atom stereocenters. The second-order valence-corrected chi connectivity index (χ2v) is 3.87. The van der Waals surface area contributed by atoms with Gasteiger partial charge in [0.05, 0.1) is 24.8 Å². The van der Waals surface area contributed by atoms with Crippen molar-refractivity contribution in [3.8, 4) is 11.5 Å². The topological polar surface area (TPSA) is 61.6 Å². The van der Waals surface area contributed by atoms with E-state index >= 15 is 0 Å². The number of rotatable bonds is 2.